The summed E-state index contributed by atoms with van der Waals surface area (Å²) in [4.78, 5) is 23.7. The van der Waals surface area contributed by atoms with Crippen LogP contribution in [-0.2, 0) is 9.53 Å². The lowest BCUT2D eigenvalue weighted by Gasteiger charge is -2.29. The first-order valence-electron chi connectivity index (χ1n) is 7.49. The number of carbonyl (C=O) groups excluding carboxylic acids is 2. The van der Waals surface area contributed by atoms with Crippen molar-refractivity contribution in [3.63, 3.8) is 0 Å². The molecule has 0 bridgehead atoms. The van der Waals surface area contributed by atoms with Gasteiger partial charge in [0.1, 0.15) is 0 Å². The molecule has 0 saturated heterocycles. The molecule has 1 aromatic carbocycles. The maximum absolute atomic E-state index is 13.1. The molecule has 23 heavy (non-hydrogen) atoms. The van der Waals surface area contributed by atoms with Gasteiger partial charge in [-0.1, -0.05) is 31.4 Å². The van der Waals surface area contributed by atoms with E-state index in [4.69, 9.17) is 16.3 Å². The number of esters is 1. The summed E-state index contributed by atoms with van der Waals surface area (Å²) in [7, 11) is 0. The molecule has 0 heterocycles. The third-order valence-corrected chi connectivity index (χ3v) is 4.33. The van der Waals surface area contributed by atoms with E-state index >= 15 is 0 Å². The summed E-state index contributed by atoms with van der Waals surface area (Å²) in [5.74, 6) is -3.38. The van der Waals surface area contributed by atoms with Crippen LogP contribution in [0.5, 0.6) is 0 Å². The lowest BCUT2D eigenvalue weighted by atomic mass is 9.86. The molecule has 1 N–H and O–H groups in total. The fraction of sp³-hybridized carbons (Fsp3) is 0.500. The van der Waals surface area contributed by atoms with E-state index < -0.39 is 30.1 Å². The quantitative estimate of drug-likeness (QED) is 0.671. The summed E-state index contributed by atoms with van der Waals surface area (Å²) in [6, 6.07) is 1.42. The van der Waals surface area contributed by atoms with E-state index in [-0.39, 0.29) is 16.6 Å². The summed E-state index contributed by atoms with van der Waals surface area (Å²) in [5.41, 5.74) is -0.315. The first kappa shape index (κ1) is 17.7. The number of halogens is 3. The third-order valence-electron chi connectivity index (χ3n) is 4.02. The number of nitrogens with one attached hydrogen (secondary N) is 1. The zero-order valence-electron chi connectivity index (χ0n) is 12.7. The van der Waals surface area contributed by atoms with Crippen LogP contribution in [0.1, 0.15) is 43.0 Å². The Kier molecular flexibility index (Phi) is 5.93. The van der Waals surface area contributed by atoms with Gasteiger partial charge in [0.25, 0.3) is 5.91 Å². The molecule has 0 spiro atoms. The van der Waals surface area contributed by atoms with Crippen LogP contribution >= 0.6 is 11.6 Å². The monoisotopic (exact) mass is 345 g/mol. The minimum Gasteiger partial charge on any atom is -0.452 e. The number of hydrogen-bond donors (Lipinski definition) is 1. The smallest absolute Gasteiger partial charge is 0.340 e. The minimum absolute atomic E-state index is 0.0711. The van der Waals surface area contributed by atoms with Gasteiger partial charge >= 0.3 is 5.97 Å². The number of ether oxygens (including phenoxy) is 1. The second kappa shape index (κ2) is 7.73. The predicted octanol–water partition coefficient (Wildman–Crippen LogP) is 3.47. The molecule has 2 atom stereocenters. The molecule has 1 saturated carbocycles. The van der Waals surface area contributed by atoms with Crippen LogP contribution in [0.4, 0.5) is 8.78 Å². The van der Waals surface area contributed by atoms with Crippen LogP contribution in [0.2, 0.25) is 5.02 Å². The van der Waals surface area contributed by atoms with Crippen molar-refractivity contribution >= 4 is 23.5 Å². The topological polar surface area (TPSA) is 55.4 Å². The SMILES string of the molecule is C[C@@H]1CCCC[C@H]1NC(=O)COC(=O)c1cc(F)c(F)cc1Cl. The fourth-order valence-electron chi connectivity index (χ4n) is 2.67. The summed E-state index contributed by atoms with van der Waals surface area (Å²) in [6.07, 6.45) is 4.15. The molecule has 126 valence electrons. The number of amides is 1. The van der Waals surface area contributed by atoms with Gasteiger partial charge in [-0.25, -0.2) is 13.6 Å². The predicted molar refractivity (Wildman–Crippen MR) is 81.2 cm³/mol. The van der Waals surface area contributed by atoms with E-state index in [0.717, 1.165) is 25.7 Å². The summed E-state index contributed by atoms with van der Waals surface area (Å²) in [5, 5.41) is 2.56. The molecule has 1 amide bonds. The molecule has 0 radical (unpaired) electrons. The van der Waals surface area contributed by atoms with Crippen molar-refractivity contribution in [2.75, 3.05) is 6.61 Å². The molecule has 1 fully saturated rings. The van der Waals surface area contributed by atoms with Crippen LogP contribution in [0.25, 0.3) is 0 Å². The van der Waals surface area contributed by atoms with Crippen LogP contribution in [-0.4, -0.2) is 24.5 Å². The van der Waals surface area contributed by atoms with Crippen molar-refractivity contribution < 1.29 is 23.1 Å². The van der Waals surface area contributed by atoms with Crippen molar-refractivity contribution in [2.45, 2.75) is 38.6 Å². The lowest BCUT2D eigenvalue weighted by Crippen LogP contribution is -2.42. The van der Waals surface area contributed by atoms with Crippen molar-refractivity contribution in [2.24, 2.45) is 5.92 Å². The van der Waals surface area contributed by atoms with Gasteiger partial charge in [0, 0.05) is 6.04 Å². The Hall–Kier alpha value is -1.69. The normalized spacial score (nSPS) is 20.9. The number of hydrogen-bond acceptors (Lipinski definition) is 3. The van der Waals surface area contributed by atoms with Crippen LogP contribution < -0.4 is 5.32 Å². The van der Waals surface area contributed by atoms with E-state index in [1.807, 2.05) is 0 Å². The molecule has 0 aliphatic heterocycles. The van der Waals surface area contributed by atoms with Crippen molar-refractivity contribution in [3.05, 3.63) is 34.4 Å². The van der Waals surface area contributed by atoms with Gasteiger partial charge in [-0.3, -0.25) is 4.79 Å². The minimum atomic E-state index is -1.21. The van der Waals surface area contributed by atoms with Crippen LogP contribution in [0.3, 0.4) is 0 Å². The van der Waals surface area contributed by atoms with Crippen molar-refractivity contribution in [1.29, 1.82) is 0 Å². The van der Waals surface area contributed by atoms with E-state index in [1.54, 1.807) is 0 Å². The van der Waals surface area contributed by atoms with Crippen LogP contribution in [0, 0.1) is 17.6 Å². The Balaban J connectivity index is 1.89. The highest BCUT2D eigenvalue weighted by Crippen LogP contribution is 2.24. The second-order valence-corrected chi connectivity index (χ2v) is 6.17. The number of rotatable bonds is 4. The van der Waals surface area contributed by atoms with E-state index in [2.05, 4.69) is 12.2 Å². The molecule has 7 heteroatoms. The summed E-state index contributed by atoms with van der Waals surface area (Å²) >= 11 is 5.68. The fourth-order valence-corrected chi connectivity index (χ4v) is 2.89. The van der Waals surface area contributed by atoms with Crippen LogP contribution in [0.15, 0.2) is 12.1 Å². The average Bonchev–Trinajstić information content (AvgIpc) is 2.51. The molecular weight excluding hydrogens is 328 g/mol. The molecule has 0 unspecified atom stereocenters. The molecule has 1 aliphatic rings. The zero-order valence-corrected chi connectivity index (χ0v) is 13.5. The molecule has 4 nitrogen and oxygen atoms in total. The largest absolute Gasteiger partial charge is 0.452 e. The molecule has 2 rings (SSSR count). The van der Waals surface area contributed by atoms with E-state index in [1.165, 1.54) is 0 Å². The first-order valence-corrected chi connectivity index (χ1v) is 7.87. The lowest BCUT2D eigenvalue weighted by molar-refractivity contribution is -0.125. The van der Waals surface area contributed by atoms with E-state index in [0.29, 0.717) is 18.1 Å². The molecular formula is C16H18ClF2NO3. The maximum Gasteiger partial charge on any atom is 0.340 e. The summed E-state index contributed by atoms with van der Waals surface area (Å²) in [6.45, 7) is 1.58. The molecule has 1 aromatic rings. The number of benzene rings is 1. The van der Waals surface area contributed by atoms with Gasteiger partial charge in [-0.15, -0.1) is 0 Å². The highest BCUT2D eigenvalue weighted by atomic mass is 35.5. The van der Waals surface area contributed by atoms with Gasteiger partial charge in [0.2, 0.25) is 0 Å². The van der Waals surface area contributed by atoms with Gasteiger partial charge in [-0.2, -0.15) is 0 Å². The Morgan fingerprint density at radius 3 is 2.61 bits per heavy atom. The summed E-state index contributed by atoms with van der Waals surface area (Å²) < 4.78 is 30.9. The second-order valence-electron chi connectivity index (χ2n) is 5.76. The van der Waals surface area contributed by atoms with Gasteiger partial charge < -0.3 is 10.1 Å². The number of carbonyl (C=O) groups is 2. The first-order chi connectivity index (χ1) is 10.9. The molecule has 0 aromatic heterocycles. The van der Waals surface area contributed by atoms with Gasteiger partial charge in [-0.05, 0) is 30.9 Å². The highest BCUT2D eigenvalue weighted by Gasteiger charge is 2.23. The maximum atomic E-state index is 13.1. The van der Waals surface area contributed by atoms with Gasteiger partial charge in [0.15, 0.2) is 18.2 Å². The zero-order chi connectivity index (χ0) is 17.0. The highest BCUT2D eigenvalue weighted by molar-refractivity contribution is 6.33. The Bertz CT molecular complexity index is 609. The third kappa shape index (κ3) is 4.64. The standard InChI is InChI=1S/C16H18ClF2NO3/c1-9-4-2-3-5-14(9)20-15(21)8-23-16(22)10-6-12(18)13(19)7-11(10)17/h6-7,9,14H,2-5,8H2,1H3,(H,20,21)/t9-,14-/m1/s1. The van der Waals surface area contributed by atoms with E-state index in [9.17, 15) is 18.4 Å². The molecule has 1 aliphatic carbocycles. The Morgan fingerprint density at radius 2 is 1.91 bits per heavy atom. The average molecular weight is 346 g/mol. The Morgan fingerprint density at radius 1 is 1.26 bits per heavy atom. The van der Waals surface area contributed by atoms with Crippen molar-refractivity contribution in [3.8, 4) is 0 Å². The van der Waals surface area contributed by atoms with Gasteiger partial charge in [0.05, 0.1) is 10.6 Å². The van der Waals surface area contributed by atoms with Crippen molar-refractivity contribution in [1.82, 2.24) is 5.32 Å². The Labute approximate surface area is 138 Å².